The van der Waals surface area contributed by atoms with Gasteiger partial charge in [-0.15, -0.1) is 10.2 Å². The van der Waals surface area contributed by atoms with Gasteiger partial charge in [-0.3, -0.25) is 4.79 Å². The summed E-state index contributed by atoms with van der Waals surface area (Å²) in [7, 11) is 1.74. The van der Waals surface area contributed by atoms with Gasteiger partial charge in [0.1, 0.15) is 18.0 Å². The van der Waals surface area contributed by atoms with Crippen LogP contribution in [0.1, 0.15) is 29.2 Å². The van der Waals surface area contributed by atoms with E-state index in [1.165, 1.54) is 24.0 Å². The van der Waals surface area contributed by atoms with E-state index in [1.807, 2.05) is 18.2 Å². The average Bonchev–Trinajstić information content (AvgIpc) is 3.33. The van der Waals surface area contributed by atoms with E-state index in [1.54, 1.807) is 35.9 Å². The van der Waals surface area contributed by atoms with E-state index in [0.717, 1.165) is 29.8 Å². The van der Waals surface area contributed by atoms with Crippen molar-refractivity contribution >= 4 is 17.7 Å². The molecule has 4 rings (SSSR count). The van der Waals surface area contributed by atoms with Crippen LogP contribution in [0.2, 0.25) is 0 Å². The highest BCUT2D eigenvalue weighted by atomic mass is 32.2. The molecule has 4 aromatic rings. The molecule has 1 aromatic heterocycles. The number of nitrogens with zero attached hydrogens (tertiary/aromatic N) is 3. The van der Waals surface area contributed by atoms with Crippen LogP contribution in [-0.2, 0) is 36.0 Å². The summed E-state index contributed by atoms with van der Waals surface area (Å²) in [4.78, 5) is 13.4. The Hall–Kier alpha value is -3.60. The smallest absolute Gasteiger partial charge is 0.325 e. The topological polar surface area (TPSA) is 106 Å². The summed E-state index contributed by atoms with van der Waals surface area (Å²) < 4.78 is 28.1. The molecule has 0 radical (unpaired) electrons. The molecule has 0 aliphatic carbocycles. The minimum atomic E-state index is -1.61. The lowest BCUT2D eigenvalue weighted by atomic mass is 9.78. The van der Waals surface area contributed by atoms with Crippen molar-refractivity contribution in [3.05, 3.63) is 113 Å². The number of carboxylic acid groups (broad SMARTS) is 1. The predicted molar refractivity (Wildman–Crippen MR) is 152 cm³/mol. The molecular weight excluding hydrogens is 532 g/mol. The number of thioether (sulfide) groups is 1. The summed E-state index contributed by atoms with van der Waals surface area (Å²) in [5, 5.41) is 22.9. The number of benzene rings is 3. The molecule has 0 spiro atoms. The van der Waals surface area contributed by atoms with Gasteiger partial charge in [-0.1, -0.05) is 73.3 Å². The minimum absolute atomic E-state index is 0.0631. The zero-order valence-corrected chi connectivity index (χ0v) is 23.2. The van der Waals surface area contributed by atoms with E-state index in [0.29, 0.717) is 22.8 Å². The second-order valence-electron chi connectivity index (χ2n) is 9.79. The molecule has 210 valence electrons. The number of hydrogen-bond donors (Lipinski definition) is 3. The third-order valence-corrected chi connectivity index (χ3v) is 8.56. The molecule has 10 heteroatoms. The number of carbonyl (C=O) groups is 1. The number of halogens is 2. The van der Waals surface area contributed by atoms with Crippen LogP contribution in [0.5, 0.6) is 0 Å². The van der Waals surface area contributed by atoms with Gasteiger partial charge in [-0.25, -0.2) is 8.78 Å². The average molecular weight is 566 g/mol. The Morgan fingerprint density at radius 2 is 1.75 bits per heavy atom. The molecule has 4 N–H and O–H groups in total. The lowest BCUT2D eigenvalue weighted by Gasteiger charge is -2.40. The van der Waals surface area contributed by atoms with Gasteiger partial charge < -0.3 is 20.7 Å². The number of aliphatic carboxylic acids is 1. The first-order valence-corrected chi connectivity index (χ1v) is 13.9. The van der Waals surface area contributed by atoms with Gasteiger partial charge in [0.15, 0.2) is 9.90 Å². The normalized spacial score (nSPS) is 14.4. The molecule has 40 heavy (non-hydrogen) atoms. The Kier molecular flexibility index (Phi) is 9.67. The molecule has 3 aromatic carbocycles. The summed E-state index contributed by atoms with van der Waals surface area (Å²) in [6.45, 7) is 2.79. The number of aryl methyl sites for hydroxylation is 2. The molecule has 0 aliphatic rings. The standard InChI is InChI=1S/C30H33F2N5O2S/c1-3-20-8-7-9-21(12-20)17-34-18-26(27(33)15-22-13-24(31)16-25(32)14-22)30(28(38)39,23-10-5-4-6-11-23)40-29-36-35-19-37(29)2/h4-14,16,19,26-27,34H,3,15,17-18,33H2,1-2H3,(H,38,39)/t26?,27?,30-/m1/s1. The first kappa shape index (κ1) is 29.4. The molecule has 0 bridgehead atoms. The fourth-order valence-electron chi connectivity index (χ4n) is 4.94. The second-order valence-corrected chi connectivity index (χ2v) is 11.0. The molecule has 3 atom stereocenters. The van der Waals surface area contributed by atoms with Gasteiger partial charge in [0, 0.05) is 38.2 Å². The van der Waals surface area contributed by atoms with Gasteiger partial charge in [-0.05, 0) is 47.2 Å². The van der Waals surface area contributed by atoms with Gasteiger partial charge in [0.05, 0.1) is 0 Å². The lowest BCUT2D eigenvalue weighted by molar-refractivity contribution is -0.142. The fourth-order valence-corrected chi connectivity index (χ4v) is 6.26. The molecule has 0 saturated heterocycles. The van der Waals surface area contributed by atoms with Crippen LogP contribution >= 0.6 is 11.8 Å². The first-order chi connectivity index (χ1) is 19.2. The maximum atomic E-state index is 14.0. The largest absolute Gasteiger partial charge is 0.480 e. The summed E-state index contributed by atoms with van der Waals surface area (Å²) in [6.07, 6.45) is 2.47. The molecule has 7 nitrogen and oxygen atoms in total. The van der Waals surface area contributed by atoms with Crippen molar-refractivity contribution in [1.82, 2.24) is 20.1 Å². The number of carboxylic acids is 1. The van der Waals surface area contributed by atoms with Crippen LogP contribution in [0.4, 0.5) is 8.78 Å². The number of hydrogen-bond acceptors (Lipinski definition) is 6. The molecule has 0 aliphatic heterocycles. The minimum Gasteiger partial charge on any atom is -0.480 e. The quantitative estimate of drug-likeness (QED) is 0.202. The maximum Gasteiger partial charge on any atom is 0.325 e. The van der Waals surface area contributed by atoms with E-state index in [2.05, 4.69) is 34.6 Å². The van der Waals surface area contributed by atoms with Crippen molar-refractivity contribution in [3.8, 4) is 0 Å². The van der Waals surface area contributed by atoms with E-state index in [4.69, 9.17) is 5.73 Å². The Morgan fingerprint density at radius 1 is 1.05 bits per heavy atom. The molecular formula is C30H33F2N5O2S. The summed E-state index contributed by atoms with van der Waals surface area (Å²) >= 11 is 1.06. The van der Waals surface area contributed by atoms with Gasteiger partial charge >= 0.3 is 5.97 Å². The summed E-state index contributed by atoms with van der Waals surface area (Å²) in [5.74, 6) is -3.27. The van der Waals surface area contributed by atoms with Gasteiger partial charge in [0.2, 0.25) is 0 Å². The highest BCUT2D eigenvalue weighted by molar-refractivity contribution is 8.00. The lowest BCUT2D eigenvalue weighted by Crippen LogP contribution is -2.53. The fraction of sp³-hybridized carbons (Fsp3) is 0.300. The number of aromatic nitrogens is 3. The number of nitrogens with two attached hydrogens (primary N) is 1. The monoisotopic (exact) mass is 565 g/mol. The Morgan fingerprint density at radius 3 is 2.38 bits per heavy atom. The van der Waals surface area contributed by atoms with Crippen LogP contribution < -0.4 is 11.1 Å². The number of nitrogens with one attached hydrogen (secondary N) is 1. The Balaban J connectivity index is 1.76. The summed E-state index contributed by atoms with van der Waals surface area (Å²) in [6, 6.07) is 19.5. The highest BCUT2D eigenvalue weighted by Crippen LogP contribution is 2.48. The van der Waals surface area contributed by atoms with Gasteiger partial charge in [-0.2, -0.15) is 0 Å². The van der Waals surface area contributed by atoms with Crippen LogP contribution in [0.25, 0.3) is 0 Å². The molecule has 1 heterocycles. The highest BCUT2D eigenvalue weighted by Gasteiger charge is 2.51. The molecule has 0 amide bonds. The Labute approximate surface area is 236 Å². The van der Waals surface area contributed by atoms with Crippen molar-refractivity contribution in [1.29, 1.82) is 0 Å². The predicted octanol–water partition coefficient (Wildman–Crippen LogP) is 4.70. The third-order valence-electron chi connectivity index (χ3n) is 6.97. The maximum absolute atomic E-state index is 14.0. The molecule has 2 unspecified atom stereocenters. The van der Waals surface area contributed by atoms with Crippen molar-refractivity contribution < 1.29 is 18.7 Å². The first-order valence-electron chi connectivity index (χ1n) is 13.0. The second kappa shape index (κ2) is 13.2. The van der Waals surface area contributed by atoms with Crippen LogP contribution in [0, 0.1) is 17.6 Å². The van der Waals surface area contributed by atoms with E-state index >= 15 is 0 Å². The van der Waals surface area contributed by atoms with Crippen LogP contribution in [0.15, 0.2) is 84.3 Å². The van der Waals surface area contributed by atoms with Crippen molar-refractivity contribution in [2.24, 2.45) is 18.7 Å². The number of rotatable bonds is 13. The zero-order chi connectivity index (χ0) is 28.7. The Bertz CT molecular complexity index is 1410. The van der Waals surface area contributed by atoms with E-state index in [-0.39, 0.29) is 13.0 Å². The van der Waals surface area contributed by atoms with Crippen LogP contribution in [-0.4, -0.2) is 38.4 Å². The van der Waals surface area contributed by atoms with Crippen LogP contribution in [0.3, 0.4) is 0 Å². The molecule has 0 fully saturated rings. The zero-order valence-electron chi connectivity index (χ0n) is 22.4. The van der Waals surface area contributed by atoms with E-state index < -0.39 is 34.3 Å². The third kappa shape index (κ3) is 6.75. The van der Waals surface area contributed by atoms with Crippen molar-refractivity contribution in [3.63, 3.8) is 0 Å². The van der Waals surface area contributed by atoms with Crippen molar-refractivity contribution in [2.75, 3.05) is 6.54 Å². The van der Waals surface area contributed by atoms with Gasteiger partial charge in [0.25, 0.3) is 0 Å². The summed E-state index contributed by atoms with van der Waals surface area (Å²) in [5.41, 5.74) is 9.92. The van der Waals surface area contributed by atoms with E-state index in [9.17, 15) is 18.7 Å². The molecule has 0 saturated carbocycles. The SMILES string of the molecule is CCc1cccc(CNCC(C(N)Cc2cc(F)cc(F)c2)[C@@](Sc2nncn2C)(C(=O)O)c2ccccc2)c1. The van der Waals surface area contributed by atoms with Crippen molar-refractivity contribution in [2.45, 2.75) is 42.3 Å².